The minimum atomic E-state index is 0.263. The van der Waals surface area contributed by atoms with Gasteiger partial charge in [0.1, 0.15) is 5.75 Å². The zero-order valence-electron chi connectivity index (χ0n) is 10.9. The third-order valence-corrected chi connectivity index (χ3v) is 4.04. The van der Waals surface area contributed by atoms with E-state index in [4.69, 9.17) is 10.5 Å². The maximum absolute atomic E-state index is 6.02. The van der Waals surface area contributed by atoms with Crippen LogP contribution in [0.1, 0.15) is 24.8 Å². The predicted molar refractivity (Wildman–Crippen MR) is 75.0 cm³/mol. The predicted octanol–water partition coefficient (Wildman–Crippen LogP) is 3.30. The van der Waals surface area contributed by atoms with E-state index in [-0.39, 0.29) is 6.04 Å². The molecule has 1 saturated carbocycles. The third-order valence-electron chi connectivity index (χ3n) is 4.04. The average molecular weight is 241 g/mol. The number of rotatable bonds is 3. The molecule has 0 aliphatic heterocycles. The van der Waals surface area contributed by atoms with Crippen molar-refractivity contribution in [3.8, 4) is 5.75 Å². The van der Waals surface area contributed by atoms with E-state index in [2.05, 4.69) is 43.3 Å². The summed E-state index contributed by atoms with van der Waals surface area (Å²) in [7, 11) is 1.75. The van der Waals surface area contributed by atoms with Crippen molar-refractivity contribution in [1.29, 1.82) is 0 Å². The van der Waals surface area contributed by atoms with E-state index in [0.29, 0.717) is 11.8 Å². The molecule has 2 aromatic carbocycles. The fourth-order valence-corrected chi connectivity index (χ4v) is 2.96. The highest BCUT2D eigenvalue weighted by Crippen LogP contribution is 2.53. The van der Waals surface area contributed by atoms with Gasteiger partial charge in [-0.2, -0.15) is 0 Å². The maximum atomic E-state index is 6.02. The molecule has 0 unspecified atom stereocenters. The fraction of sp³-hybridized carbons (Fsp3) is 0.375. The molecule has 0 heterocycles. The van der Waals surface area contributed by atoms with E-state index >= 15 is 0 Å². The number of benzene rings is 2. The molecule has 2 nitrogen and oxygen atoms in total. The van der Waals surface area contributed by atoms with Crippen molar-refractivity contribution < 1.29 is 4.74 Å². The first kappa shape index (κ1) is 11.5. The minimum absolute atomic E-state index is 0.263. The van der Waals surface area contributed by atoms with Crippen molar-refractivity contribution in [2.24, 2.45) is 11.7 Å². The molecule has 2 heteroatoms. The molecule has 0 aromatic heterocycles. The largest absolute Gasteiger partial charge is 0.496 e. The molecule has 2 aromatic rings. The Hall–Kier alpha value is -1.54. The second-order valence-electron chi connectivity index (χ2n) is 5.27. The third kappa shape index (κ3) is 1.77. The van der Waals surface area contributed by atoms with Gasteiger partial charge in [-0.05, 0) is 42.0 Å². The lowest BCUT2D eigenvalue weighted by molar-refractivity contribution is 0.409. The van der Waals surface area contributed by atoms with E-state index < -0.39 is 0 Å². The Bertz CT molecular complexity index is 576. The lowest BCUT2D eigenvalue weighted by Crippen LogP contribution is -2.18. The van der Waals surface area contributed by atoms with Gasteiger partial charge in [0.15, 0.2) is 0 Å². The van der Waals surface area contributed by atoms with Gasteiger partial charge < -0.3 is 10.5 Å². The smallest absolute Gasteiger partial charge is 0.122 e. The van der Waals surface area contributed by atoms with Crippen molar-refractivity contribution in [2.45, 2.75) is 25.3 Å². The summed E-state index contributed by atoms with van der Waals surface area (Å²) in [6.07, 6.45) is 1.18. The first-order valence-electron chi connectivity index (χ1n) is 6.53. The van der Waals surface area contributed by atoms with Crippen LogP contribution >= 0.6 is 0 Å². The van der Waals surface area contributed by atoms with Crippen LogP contribution in [-0.2, 0) is 0 Å². The van der Waals surface area contributed by atoms with Crippen LogP contribution in [-0.4, -0.2) is 13.2 Å². The van der Waals surface area contributed by atoms with E-state index in [9.17, 15) is 0 Å². The summed E-state index contributed by atoms with van der Waals surface area (Å²) >= 11 is 0. The van der Waals surface area contributed by atoms with Crippen LogP contribution in [0.4, 0.5) is 0 Å². The van der Waals surface area contributed by atoms with Crippen molar-refractivity contribution >= 4 is 10.8 Å². The molecular weight excluding hydrogens is 222 g/mol. The zero-order chi connectivity index (χ0) is 12.7. The number of ether oxygens (including phenoxy) is 1. The summed E-state index contributed by atoms with van der Waals surface area (Å²) in [4.78, 5) is 0. The Kier molecular flexibility index (Phi) is 2.75. The average Bonchev–Trinajstić information content (AvgIpc) is 3.17. The lowest BCUT2D eigenvalue weighted by atomic mass is 9.98. The number of fused-ring (bicyclic) bond motifs is 1. The highest BCUT2D eigenvalue weighted by Gasteiger charge is 2.43. The Morgan fingerprint density at radius 1 is 1.22 bits per heavy atom. The summed E-state index contributed by atoms with van der Waals surface area (Å²) in [5, 5.41) is 2.59. The van der Waals surface area contributed by atoms with Crippen LogP contribution in [0.5, 0.6) is 5.75 Å². The maximum Gasteiger partial charge on any atom is 0.122 e. The second kappa shape index (κ2) is 4.29. The van der Waals surface area contributed by atoms with Gasteiger partial charge in [0.05, 0.1) is 7.11 Å². The van der Waals surface area contributed by atoms with E-state index in [1.54, 1.807) is 7.11 Å². The van der Waals surface area contributed by atoms with Crippen LogP contribution < -0.4 is 10.5 Å². The minimum Gasteiger partial charge on any atom is -0.496 e. The van der Waals surface area contributed by atoms with Crippen LogP contribution in [0.3, 0.4) is 0 Å². The standard InChI is InChI=1S/C16H19NO/c1-10(17)13-9-14(13)16-12-6-4-3-5-11(12)7-8-15(16)18-2/h3-8,10,13-14H,9,17H2,1-2H3/t10-,13-,14-/m0/s1. The summed E-state index contributed by atoms with van der Waals surface area (Å²) in [6, 6.07) is 13.0. The molecule has 0 radical (unpaired) electrons. The summed E-state index contributed by atoms with van der Waals surface area (Å²) in [5.74, 6) is 2.16. The Morgan fingerprint density at radius 2 is 2.00 bits per heavy atom. The van der Waals surface area contributed by atoms with Gasteiger partial charge in [0.25, 0.3) is 0 Å². The molecule has 94 valence electrons. The molecule has 3 atom stereocenters. The Labute approximate surface area is 108 Å². The van der Waals surface area contributed by atoms with E-state index in [0.717, 1.165) is 5.75 Å². The molecule has 2 N–H and O–H groups in total. The van der Waals surface area contributed by atoms with Gasteiger partial charge in [0.2, 0.25) is 0 Å². The SMILES string of the molecule is COc1ccc2ccccc2c1[C@H]1C[C@H]1[C@H](C)N. The Balaban J connectivity index is 2.14. The molecule has 1 fully saturated rings. The Morgan fingerprint density at radius 3 is 2.67 bits per heavy atom. The number of methoxy groups -OCH3 is 1. The first-order chi connectivity index (χ1) is 8.72. The molecule has 0 bridgehead atoms. The molecule has 0 saturated heterocycles. The molecule has 0 amide bonds. The fourth-order valence-electron chi connectivity index (χ4n) is 2.96. The van der Waals surface area contributed by atoms with Gasteiger partial charge in [-0.25, -0.2) is 0 Å². The van der Waals surface area contributed by atoms with Crippen molar-refractivity contribution in [1.82, 2.24) is 0 Å². The number of hydrogen-bond acceptors (Lipinski definition) is 2. The highest BCUT2D eigenvalue weighted by molar-refractivity contribution is 5.88. The molecule has 0 spiro atoms. The van der Waals surface area contributed by atoms with Gasteiger partial charge >= 0.3 is 0 Å². The molecular formula is C16H19NO. The van der Waals surface area contributed by atoms with Crippen molar-refractivity contribution in [2.75, 3.05) is 7.11 Å². The van der Waals surface area contributed by atoms with Crippen LogP contribution in [0.15, 0.2) is 36.4 Å². The lowest BCUT2D eigenvalue weighted by Gasteiger charge is -2.13. The zero-order valence-corrected chi connectivity index (χ0v) is 10.9. The molecule has 1 aliphatic rings. The van der Waals surface area contributed by atoms with Gasteiger partial charge in [-0.3, -0.25) is 0 Å². The van der Waals surface area contributed by atoms with E-state index in [1.165, 1.54) is 22.8 Å². The van der Waals surface area contributed by atoms with E-state index in [1.807, 2.05) is 0 Å². The normalized spacial score (nSPS) is 23.9. The van der Waals surface area contributed by atoms with Crippen molar-refractivity contribution in [3.05, 3.63) is 42.0 Å². The summed E-state index contributed by atoms with van der Waals surface area (Å²) in [5.41, 5.74) is 7.37. The molecule has 18 heavy (non-hydrogen) atoms. The molecule has 3 rings (SSSR count). The number of hydrogen-bond donors (Lipinski definition) is 1. The van der Waals surface area contributed by atoms with Crippen molar-refractivity contribution in [3.63, 3.8) is 0 Å². The quantitative estimate of drug-likeness (QED) is 0.894. The number of nitrogens with two attached hydrogens (primary N) is 1. The van der Waals surface area contributed by atoms with Gasteiger partial charge in [-0.1, -0.05) is 30.3 Å². The van der Waals surface area contributed by atoms with Crippen LogP contribution in [0, 0.1) is 5.92 Å². The monoisotopic (exact) mass is 241 g/mol. The van der Waals surface area contributed by atoms with Crippen LogP contribution in [0.25, 0.3) is 10.8 Å². The second-order valence-corrected chi connectivity index (χ2v) is 5.27. The summed E-state index contributed by atoms with van der Waals surface area (Å²) < 4.78 is 5.54. The topological polar surface area (TPSA) is 35.2 Å². The van der Waals surface area contributed by atoms with Gasteiger partial charge in [-0.15, -0.1) is 0 Å². The highest BCUT2D eigenvalue weighted by atomic mass is 16.5. The summed E-state index contributed by atoms with van der Waals surface area (Å²) in [6.45, 7) is 2.10. The first-order valence-corrected chi connectivity index (χ1v) is 6.53. The van der Waals surface area contributed by atoms with Gasteiger partial charge in [0, 0.05) is 11.6 Å². The molecule has 1 aliphatic carbocycles. The van der Waals surface area contributed by atoms with Crippen LogP contribution in [0.2, 0.25) is 0 Å².